The molecule has 0 aliphatic heterocycles. The highest BCUT2D eigenvalue weighted by atomic mass is 16.3. The van der Waals surface area contributed by atoms with Gasteiger partial charge >= 0.3 is 0 Å². The van der Waals surface area contributed by atoms with Crippen molar-refractivity contribution in [2.45, 2.75) is 19.4 Å². The highest BCUT2D eigenvalue weighted by Gasteiger charge is 2.17. The van der Waals surface area contributed by atoms with Gasteiger partial charge in [0.2, 0.25) is 0 Å². The SMILES string of the molecule is CCC(CO)NC(=O)c1c(N)cnn1C. The molecule has 0 aliphatic rings. The fraction of sp³-hybridized carbons (Fsp3) is 0.556. The lowest BCUT2D eigenvalue weighted by Gasteiger charge is -2.14. The number of amides is 1. The molecule has 0 spiro atoms. The Kier molecular flexibility index (Phi) is 3.68. The van der Waals surface area contributed by atoms with E-state index >= 15 is 0 Å². The predicted octanol–water partition coefficient (Wildman–Crippen LogP) is -0.497. The lowest BCUT2D eigenvalue weighted by atomic mass is 10.2. The van der Waals surface area contributed by atoms with Crippen LogP contribution >= 0.6 is 0 Å². The van der Waals surface area contributed by atoms with Crippen molar-refractivity contribution in [3.63, 3.8) is 0 Å². The van der Waals surface area contributed by atoms with Gasteiger partial charge in [-0.05, 0) is 6.42 Å². The third-order valence-electron chi connectivity index (χ3n) is 2.23. The molecule has 0 saturated carbocycles. The van der Waals surface area contributed by atoms with Gasteiger partial charge in [0.05, 0.1) is 24.5 Å². The van der Waals surface area contributed by atoms with Gasteiger partial charge in [0.25, 0.3) is 5.91 Å². The van der Waals surface area contributed by atoms with Crippen molar-refractivity contribution in [1.29, 1.82) is 0 Å². The molecule has 1 atom stereocenters. The van der Waals surface area contributed by atoms with Crippen LogP contribution in [0.5, 0.6) is 0 Å². The largest absolute Gasteiger partial charge is 0.396 e. The van der Waals surface area contributed by atoms with Crippen molar-refractivity contribution in [3.05, 3.63) is 11.9 Å². The van der Waals surface area contributed by atoms with E-state index in [1.165, 1.54) is 10.9 Å². The molecule has 1 aromatic heterocycles. The smallest absolute Gasteiger partial charge is 0.271 e. The first-order chi connectivity index (χ1) is 7.10. The van der Waals surface area contributed by atoms with Gasteiger partial charge in [-0.25, -0.2) is 0 Å². The molecule has 0 radical (unpaired) electrons. The Bertz CT molecular complexity index is 324. The molecule has 0 aliphatic carbocycles. The second-order valence-corrected chi connectivity index (χ2v) is 3.33. The van der Waals surface area contributed by atoms with Gasteiger partial charge in [-0.2, -0.15) is 5.10 Å². The number of anilines is 1. The van der Waals surface area contributed by atoms with Gasteiger partial charge in [-0.1, -0.05) is 6.92 Å². The highest BCUT2D eigenvalue weighted by molar-refractivity contribution is 5.97. The zero-order chi connectivity index (χ0) is 11.4. The van der Waals surface area contributed by atoms with Crippen LogP contribution in [0.3, 0.4) is 0 Å². The van der Waals surface area contributed by atoms with Crippen LogP contribution in [0.15, 0.2) is 6.20 Å². The van der Waals surface area contributed by atoms with Crippen LogP contribution in [0.25, 0.3) is 0 Å². The first-order valence-corrected chi connectivity index (χ1v) is 4.79. The molecule has 4 N–H and O–H groups in total. The van der Waals surface area contributed by atoms with Crippen molar-refractivity contribution in [3.8, 4) is 0 Å². The molecule has 1 unspecified atom stereocenters. The van der Waals surface area contributed by atoms with Gasteiger partial charge in [0.1, 0.15) is 5.69 Å². The number of rotatable bonds is 4. The van der Waals surface area contributed by atoms with E-state index in [1.54, 1.807) is 7.05 Å². The molecule has 0 aromatic carbocycles. The van der Waals surface area contributed by atoms with Crippen LogP contribution in [0.2, 0.25) is 0 Å². The Morgan fingerprint density at radius 2 is 2.47 bits per heavy atom. The number of nitrogens with zero attached hydrogens (tertiary/aromatic N) is 2. The van der Waals surface area contributed by atoms with Crippen molar-refractivity contribution >= 4 is 11.6 Å². The second-order valence-electron chi connectivity index (χ2n) is 3.33. The first-order valence-electron chi connectivity index (χ1n) is 4.79. The number of hydrogen-bond acceptors (Lipinski definition) is 4. The molecule has 0 bridgehead atoms. The number of aliphatic hydroxyl groups is 1. The van der Waals surface area contributed by atoms with E-state index in [0.717, 1.165) is 0 Å². The van der Waals surface area contributed by atoms with E-state index in [4.69, 9.17) is 10.8 Å². The minimum absolute atomic E-state index is 0.0833. The summed E-state index contributed by atoms with van der Waals surface area (Å²) >= 11 is 0. The van der Waals surface area contributed by atoms with E-state index in [-0.39, 0.29) is 18.6 Å². The summed E-state index contributed by atoms with van der Waals surface area (Å²) in [5.74, 6) is -0.312. The van der Waals surface area contributed by atoms with Crippen molar-refractivity contribution in [2.75, 3.05) is 12.3 Å². The number of aromatic nitrogens is 2. The average Bonchev–Trinajstić information content (AvgIpc) is 2.55. The second kappa shape index (κ2) is 4.79. The number of aryl methyl sites for hydroxylation is 1. The lowest BCUT2D eigenvalue weighted by Crippen LogP contribution is -2.38. The van der Waals surface area contributed by atoms with E-state index in [1.807, 2.05) is 6.92 Å². The Morgan fingerprint density at radius 3 is 2.87 bits per heavy atom. The van der Waals surface area contributed by atoms with Crippen LogP contribution in [0.4, 0.5) is 5.69 Å². The van der Waals surface area contributed by atoms with Crippen LogP contribution < -0.4 is 11.1 Å². The molecule has 15 heavy (non-hydrogen) atoms. The lowest BCUT2D eigenvalue weighted by molar-refractivity contribution is 0.0906. The predicted molar refractivity (Wildman–Crippen MR) is 56.3 cm³/mol. The first kappa shape index (κ1) is 11.5. The molecule has 1 heterocycles. The maximum Gasteiger partial charge on any atom is 0.271 e. The Morgan fingerprint density at radius 1 is 1.80 bits per heavy atom. The molecule has 1 rings (SSSR count). The molecule has 1 aromatic rings. The minimum atomic E-state index is -0.312. The number of aliphatic hydroxyl groups excluding tert-OH is 1. The van der Waals surface area contributed by atoms with Gasteiger partial charge in [0, 0.05) is 7.05 Å². The van der Waals surface area contributed by atoms with E-state index in [9.17, 15) is 4.79 Å². The maximum atomic E-state index is 11.7. The molecule has 0 saturated heterocycles. The third-order valence-corrected chi connectivity index (χ3v) is 2.23. The van der Waals surface area contributed by atoms with Gasteiger partial charge in [-0.15, -0.1) is 0 Å². The summed E-state index contributed by atoms with van der Waals surface area (Å²) in [6, 6.07) is -0.244. The van der Waals surface area contributed by atoms with Crippen molar-refractivity contribution in [1.82, 2.24) is 15.1 Å². The van der Waals surface area contributed by atoms with Crippen LogP contribution in [0.1, 0.15) is 23.8 Å². The fourth-order valence-corrected chi connectivity index (χ4v) is 1.26. The van der Waals surface area contributed by atoms with Crippen LogP contribution in [-0.2, 0) is 7.05 Å². The number of carbonyl (C=O) groups is 1. The summed E-state index contributed by atoms with van der Waals surface area (Å²) in [7, 11) is 1.64. The number of hydrogen-bond donors (Lipinski definition) is 3. The van der Waals surface area contributed by atoms with Crippen molar-refractivity contribution in [2.24, 2.45) is 7.05 Å². The summed E-state index contributed by atoms with van der Waals surface area (Å²) in [5.41, 5.74) is 6.25. The monoisotopic (exact) mass is 212 g/mol. The zero-order valence-electron chi connectivity index (χ0n) is 8.90. The molecular weight excluding hydrogens is 196 g/mol. The molecule has 1 amide bonds. The average molecular weight is 212 g/mol. The quantitative estimate of drug-likeness (QED) is 0.627. The van der Waals surface area contributed by atoms with Gasteiger partial charge in [-0.3, -0.25) is 9.48 Å². The Balaban J connectivity index is 2.77. The number of carbonyl (C=O) groups excluding carboxylic acids is 1. The topological polar surface area (TPSA) is 93.2 Å². The summed E-state index contributed by atoms with van der Waals surface area (Å²) in [5, 5.41) is 15.5. The van der Waals surface area contributed by atoms with Gasteiger partial charge in [0.15, 0.2) is 0 Å². The van der Waals surface area contributed by atoms with E-state index in [0.29, 0.717) is 17.8 Å². The number of nitrogen functional groups attached to an aromatic ring is 1. The standard InChI is InChI=1S/C9H16N4O2/c1-3-6(5-14)12-9(15)8-7(10)4-11-13(8)2/h4,6,14H,3,5,10H2,1-2H3,(H,12,15). The Hall–Kier alpha value is -1.56. The van der Waals surface area contributed by atoms with Crippen LogP contribution in [-0.4, -0.2) is 33.4 Å². The number of nitrogens with one attached hydrogen (secondary N) is 1. The summed E-state index contributed by atoms with van der Waals surface area (Å²) in [6.07, 6.45) is 2.09. The third kappa shape index (κ3) is 2.47. The highest BCUT2D eigenvalue weighted by Crippen LogP contribution is 2.09. The van der Waals surface area contributed by atoms with Gasteiger partial charge < -0.3 is 16.2 Å². The maximum absolute atomic E-state index is 11.7. The minimum Gasteiger partial charge on any atom is -0.396 e. The molecule has 0 fully saturated rings. The van der Waals surface area contributed by atoms with Crippen LogP contribution in [0, 0.1) is 0 Å². The Labute approximate surface area is 88.1 Å². The van der Waals surface area contributed by atoms with Crippen molar-refractivity contribution < 1.29 is 9.90 Å². The van der Waals surface area contributed by atoms with E-state index < -0.39 is 0 Å². The molecule has 6 heteroatoms. The zero-order valence-corrected chi connectivity index (χ0v) is 8.90. The normalized spacial score (nSPS) is 12.5. The van der Waals surface area contributed by atoms with E-state index in [2.05, 4.69) is 10.4 Å². The fourth-order valence-electron chi connectivity index (χ4n) is 1.26. The number of nitrogens with two attached hydrogens (primary N) is 1. The summed E-state index contributed by atoms with van der Waals surface area (Å²) < 4.78 is 1.41. The molecule has 84 valence electrons. The molecule has 6 nitrogen and oxygen atoms in total. The summed E-state index contributed by atoms with van der Waals surface area (Å²) in [4.78, 5) is 11.7. The molecular formula is C9H16N4O2. The summed E-state index contributed by atoms with van der Waals surface area (Å²) in [6.45, 7) is 1.80.